The van der Waals surface area contributed by atoms with Crippen LogP contribution in [0.15, 0.2) is 72.4 Å². The number of rotatable bonds is 8. The average molecular weight is 451 g/mol. The Morgan fingerprint density at radius 2 is 1.91 bits per heavy atom. The summed E-state index contributed by atoms with van der Waals surface area (Å²) in [7, 11) is 0. The fourth-order valence-corrected chi connectivity index (χ4v) is 4.23. The molecule has 8 heteroatoms. The summed E-state index contributed by atoms with van der Waals surface area (Å²) in [4.78, 5) is 22.2. The first-order chi connectivity index (χ1) is 15.5. The van der Waals surface area contributed by atoms with Crippen molar-refractivity contribution in [2.75, 3.05) is 11.9 Å². The SMILES string of the molecule is NC(=O)C(c1cccnc1)c1ccc(-c2cccs2)nc1NCCc1cc(F)cc(F)c1. The Kier molecular flexibility index (Phi) is 6.51. The van der Waals surface area contributed by atoms with Crippen molar-refractivity contribution >= 4 is 23.1 Å². The standard InChI is InChI=1S/C24H20F2N4OS/c25-17-11-15(12-18(26)13-17)7-9-29-24-19(5-6-20(30-24)21-4-2-10-32-21)22(23(27)31)16-3-1-8-28-14-16/h1-6,8,10-14,22H,7,9H2,(H2,27,31)(H,29,30). The monoisotopic (exact) mass is 450 g/mol. The largest absolute Gasteiger partial charge is 0.369 e. The summed E-state index contributed by atoms with van der Waals surface area (Å²) in [6, 6.07) is 14.5. The van der Waals surface area contributed by atoms with Crippen molar-refractivity contribution in [1.82, 2.24) is 9.97 Å². The Hall–Kier alpha value is -3.65. The molecule has 3 aromatic heterocycles. The van der Waals surface area contributed by atoms with Gasteiger partial charge in [0.25, 0.3) is 0 Å². The predicted molar refractivity (Wildman–Crippen MR) is 121 cm³/mol. The Balaban J connectivity index is 1.67. The number of carbonyl (C=O) groups excluding carboxylic acids is 1. The molecule has 4 aromatic rings. The number of benzene rings is 1. The van der Waals surface area contributed by atoms with Crippen molar-refractivity contribution in [3.05, 3.63) is 101 Å². The molecule has 0 radical (unpaired) electrons. The van der Waals surface area contributed by atoms with Crippen LogP contribution < -0.4 is 11.1 Å². The predicted octanol–water partition coefficient (Wildman–Crippen LogP) is 4.76. The van der Waals surface area contributed by atoms with Crippen LogP contribution >= 0.6 is 11.3 Å². The number of carbonyl (C=O) groups is 1. The molecule has 4 rings (SSSR count). The molecule has 0 saturated heterocycles. The normalized spacial score (nSPS) is 11.8. The van der Waals surface area contributed by atoms with Crippen molar-refractivity contribution in [2.24, 2.45) is 5.73 Å². The van der Waals surface area contributed by atoms with Crippen LogP contribution in [-0.4, -0.2) is 22.4 Å². The van der Waals surface area contributed by atoms with Gasteiger partial charge in [0.05, 0.1) is 16.5 Å². The van der Waals surface area contributed by atoms with Crippen LogP contribution in [-0.2, 0) is 11.2 Å². The van der Waals surface area contributed by atoms with E-state index in [1.54, 1.807) is 35.9 Å². The van der Waals surface area contributed by atoms with Gasteiger partial charge in [0.15, 0.2) is 0 Å². The number of aromatic nitrogens is 2. The molecule has 5 nitrogen and oxygen atoms in total. The van der Waals surface area contributed by atoms with Gasteiger partial charge in [-0.25, -0.2) is 13.8 Å². The number of primary amides is 1. The Morgan fingerprint density at radius 1 is 1.09 bits per heavy atom. The van der Waals surface area contributed by atoms with Crippen LogP contribution in [0.2, 0.25) is 0 Å². The fourth-order valence-electron chi connectivity index (χ4n) is 3.53. The molecule has 0 aliphatic heterocycles. The van der Waals surface area contributed by atoms with Crippen molar-refractivity contribution in [3.8, 4) is 10.6 Å². The number of nitrogens with one attached hydrogen (secondary N) is 1. The maximum absolute atomic E-state index is 13.5. The second-order valence-corrected chi connectivity index (χ2v) is 8.14. The van der Waals surface area contributed by atoms with E-state index >= 15 is 0 Å². The summed E-state index contributed by atoms with van der Waals surface area (Å²) in [6.07, 6.45) is 3.59. The van der Waals surface area contributed by atoms with Crippen LogP contribution in [0, 0.1) is 11.6 Å². The lowest BCUT2D eigenvalue weighted by molar-refractivity contribution is -0.118. The lowest BCUT2D eigenvalue weighted by Crippen LogP contribution is -2.24. The van der Waals surface area contributed by atoms with E-state index in [0.29, 0.717) is 35.5 Å². The number of halogens is 2. The maximum Gasteiger partial charge on any atom is 0.229 e. The summed E-state index contributed by atoms with van der Waals surface area (Å²) in [5.41, 5.74) is 8.28. The van der Waals surface area contributed by atoms with Gasteiger partial charge >= 0.3 is 0 Å². The van der Waals surface area contributed by atoms with E-state index in [-0.39, 0.29) is 0 Å². The van der Waals surface area contributed by atoms with Crippen LogP contribution in [0.25, 0.3) is 10.6 Å². The highest BCUT2D eigenvalue weighted by atomic mass is 32.1. The van der Waals surface area contributed by atoms with E-state index in [2.05, 4.69) is 10.3 Å². The highest BCUT2D eigenvalue weighted by Gasteiger charge is 2.25. The number of nitrogens with two attached hydrogens (primary N) is 1. The molecule has 0 saturated carbocycles. The van der Waals surface area contributed by atoms with Gasteiger partial charge in [-0.05, 0) is 53.3 Å². The number of thiophene rings is 1. The maximum atomic E-state index is 13.5. The third-order valence-corrected chi connectivity index (χ3v) is 5.83. The zero-order valence-corrected chi connectivity index (χ0v) is 17.8. The van der Waals surface area contributed by atoms with Crippen LogP contribution in [0.3, 0.4) is 0 Å². The zero-order chi connectivity index (χ0) is 22.5. The molecule has 0 bridgehead atoms. The molecule has 0 spiro atoms. The van der Waals surface area contributed by atoms with Crippen molar-refractivity contribution in [2.45, 2.75) is 12.3 Å². The van der Waals surface area contributed by atoms with Crippen molar-refractivity contribution in [3.63, 3.8) is 0 Å². The molecule has 0 aliphatic carbocycles. The molecule has 0 fully saturated rings. The second-order valence-electron chi connectivity index (χ2n) is 7.19. The van der Waals surface area contributed by atoms with Gasteiger partial charge in [0.2, 0.25) is 5.91 Å². The first kappa shape index (κ1) is 21.6. The Labute approximate surface area is 188 Å². The van der Waals surface area contributed by atoms with Crippen LogP contribution in [0.5, 0.6) is 0 Å². The average Bonchev–Trinajstić information content (AvgIpc) is 3.30. The molecule has 162 valence electrons. The lowest BCUT2D eigenvalue weighted by Gasteiger charge is -2.19. The minimum absolute atomic E-state index is 0.356. The van der Waals surface area contributed by atoms with Gasteiger partial charge < -0.3 is 11.1 Å². The number of nitrogens with zero attached hydrogens (tertiary/aromatic N) is 2. The summed E-state index contributed by atoms with van der Waals surface area (Å²) in [6.45, 7) is 0.356. The van der Waals surface area contributed by atoms with Gasteiger partial charge in [-0.1, -0.05) is 18.2 Å². The van der Waals surface area contributed by atoms with Crippen molar-refractivity contribution in [1.29, 1.82) is 0 Å². The van der Waals surface area contributed by atoms with E-state index < -0.39 is 23.5 Å². The first-order valence-corrected chi connectivity index (χ1v) is 10.8. The number of amides is 1. The molecule has 1 amide bonds. The fraction of sp³-hybridized carbons (Fsp3) is 0.125. The molecule has 32 heavy (non-hydrogen) atoms. The molecule has 1 atom stereocenters. The highest BCUT2D eigenvalue weighted by molar-refractivity contribution is 7.13. The third kappa shape index (κ3) is 4.97. The van der Waals surface area contributed by atoms with Gasteiger partial charge in [0.1, 0.15) is 17.5 Å². The Morgan fingerprint density at radius 3 is 2.56 bits per heavy atom. The van der Waals surface area contributed by atoms with Gasteiger partial charge in [-0.2, -0.15) is 0 Å². The zero-order valence-electron chi connectivity index (χ0n) is 17.0. The molecule has 1 aromatic carbocycles. The smallest absolute Gasteiger partial charge is 0.229 e. The van der Waals surface area contributed by atoms with Gasteiger partial charge in [0, 0.05) is 30.6 Å². The number of hydrogen-bond acceptors (Lipinski definition) is 5. The summed E-state index contributed by atoms with van der Waals surface area (Å²) >= 11 is 1.55. The molecule has 0 aliphatic rings. The topological polar surface area (TPSA) is 80.9 Å². The quantitative estimate of drug-likeness (QED) is 0.406. The van der Waals surface area contributed by atoms with Crippen LogP contribution in [0.1, 0.15) is 22.6 Å². The minimum Gasteiger partial charge on any atom is -0.369 e. The van der Waals surface area contributed by atoms with Crippen LogP contribution in [0.4, 0.5) is 14.6 Å². The molecule has 3 heterocycles. The van der Waals surface area contributed by atoms with E-state index in [0.717, 1.165) is 16.6 Å². The van der Waals surface area contributed by atoms with Gasteiger partial charge in [-0.3, -0.25) is 9.78 Å². The Bertz CT molecular complexity index is 1200. The van der Waals surface area contributed by atoms with Gasteiger partial charge in [-0.15, -0.1) is 11.3 Å². The van der Waals surface area contributed by atoms with E-state index in [4.69, 9.17) is 10.7 Å². The number of anilines is 1. The minimum atomic E-state index is -0.748. The highest BCUT2D eigenvalue weighted by Crippen LogP contribution is 2.32. The number of pyridine rings is 2. The number of hydrogen-bond donors (Lipinski definition) is 2. The molecular weight excluding hydrogens is 430 g/mol. The molecule has 1 unspecified atom stereocenters. The molecular formula is C24H20F2N4OS. The lowest BCUT2D eigenvalue weighted by atomic mass is 9.91. The summed E-state index contributed by atoms with van der Waals surface area (Å²) in [5, 5.41) is 5.19. The van der Waals surface area contributed by atoms with Crippen molar-refractivity contribution < 1.29 is 13.6 Å². The first-order valence-electron chi connectivity index (χ1n) is 9.94. The van der Waals surface area contributed by atoms with E-state index in [1.807, 2.05) is 29.6 Å². The third-order valence-electron chi connectivity index (χ3n) is 4.94. The summed E-state index contributed by atoms with van der Waals surface area (Å²) < 4.78 is 27.0. The molecule has 3 N–H and O–H groups in total. The van der Waals surface area contributed by atoms with E-state index in [1.165, 1.54) is 12.1 Å². The van der Waals surface area contributed by atoms with E-state index in [9.17, 15) is 13.6 Å². The second kappa shape index (κ2) is 9.65. The summed E-state index contributed by atoms with van der Waals surface area (Å²) in [5.74, 6) is -2.03.